The Morgan fingerprint density at radius 2 is 0.588 bits per heavy atom. The summed E-state index contributed by atoms with van der Waals surface area (Å²) in [4.78, 5) is 28.4. The number of hydrogen-bond acceptors (Lipinski definition) is 8. The highest BCUT2D eigenvalue weighted by molar-refractivity contribution is 6.10. The molecule has 0 saturated heterocycles. The summed E-state index contributed by atoms with van der Waals surface area (Å²) in [5, 5.41) is 1.89. The van der Waals surface area contributed by atoms with Crippen LogP contribution in [-0.2, 0) is 0 Å². The molecule has 8 heteroatoms. The predicted octanol–water partition coefficient (Wildman–Crippen LogP) is 15.2. The second kappa shape index (κ2) is 16.2. The maximum absolute atomic E-state index is 6.61. The SMILES string of the molecule is c1ccc(-c2cc(-c3ccc4oc5c(-c6ccc(-c7ccnc8c7oc7ccc(-c9cc(-c%10ccccn%10)cc(-c%10ccccn%10)c9)cc78)cc6)ccnc5c4c3)cc(-c3ccccn3)c2)nc1. The molecule has 0 aliphatic carbocycles. The fourth-order valence-corrected chi connectivity index (χ4v) is 9.27. The van der Waals surface area contributed by atoms with Gasteiger partial charge in [0.1, 0.15) is 22.2 Å². The van der Waals surface area contributed by atoms with E-state index in [-0.39, 0.29) is 0 Å². The molecular formula is C60H36N6O2. The van der Waals surface area contributed by atoms with Crippen LogP contribution >= 0.6 is 0 Å². The summed E-state index contributed by atoms with van der Waals surface area (Å²) in [5.74, 6) is 0. The van der Waals surface area contributed by atoms with Crippen LogP contribution in [0, 0.1) is 0 Å². The first-order chi connectivity index (χ1) is 33.7. The van der Waals surface area contributed by atoms with Gasteiger partial charge in [-0.25, -0.2) is 0 Å². The zero-order valence-corrected chi connectivity index (χ0v) is 36.3. The minimum atomic E-state index is 0.737. The third-order valence-corrected chi connectivity index (χ3v) is 12.6. The first-order valence-corrected chi connectivity index (χ1v) is 22.4. The molecule has 0 unspecified atom stereocenters. The summed E-state index contributed by atoms with van der Waals surface area (Å²) in [6.45, 7) is 0. The van der Waals surface area contributed by atoms with Gasteiger partial charge in [-0.15, -0.1) is 0 Å². The molecule has 318 valence electrons. The van der Waals surface area contributed by atoms with E-state index in [1.807, 2.05) is 134 Å². The van der Waals surface area contributed by atoms with Crippen molar-refractivity contribution < 1.29 is 8.83 Å². The standard InChI is InChI=1S/C60H36N6O2/c1-5-23-61-51(9-1)43-29-41(30-44(33-43)52-10-2-6-24-62-52)39-17-19-55-49(35-39)57-59(67-55)47(21-27-65-57)37-13-15-38(16-14-37)48-22-28-66-58-50-36-40(18-20-56(50)68-60(48)58)42-31-45(53-11-3-7-25-63-53)34-46(32-42)54-12-4-8-26-64-54/h1-36H. The van der Waals surface area contributed by atoms with Crippen molar-refractivity contribution in [1.29, 1.82) is 0 Å². The van der Waals surface area contributed by atoms with Crippen LogP contribution < -0.4 is 0 Å². The maximum atomic E-state index is 6.61. The van der Waals surface area contributed by atoms with Gasteiger partial charge in [-0.3, -0.25) is 29.9 Å². The largest absolute Gasteiger partial charge is 0.454 e. The molecule has 8 aromatic heterocycles. The van der Waals surface area contributed by atoms with E-state index in [1.54, 1.807) is 0 Å². The number of pyridine rings is 6. The fraction of sp³-hybridized carbons (Fsp3) is 0. The van der Waals surface area contributed by atoms with Gasteiger partial charge in [-0.1, -0.05) is 60.7 Å². The van der Waals surface area contributed by atoms with Crippen molar-refractivity contribution in [3.8, 4) is 89.5 Å². The molecule has 0 atom stereocenters. The summed E-state index contributed by atoms with van der Waals surface area (Å²) in [5.41, 5.74) is 20.4. The van der Waals surface area contributed by atoms with E-state index in [4.69, 9.17) is 18.8 Å². The monoisotopic (exact) mass is 872 g/mol. The molecular weight excluding hydrogens is 837 g/mol. The van der Waals surface area contributed by atoms with Crippen LogP contribution in [0.3, 0.4) is 0 Å². The van der Waals surface area contributed by atoms with Crippen LogP contribution in [0.1, 0.15) is 0 Å². The average Bonchev–Trinajstić information content (AvgIpc) is 4.00. The van der Waals surface area contributed by atoms with Crippen molar-refractivity contribution >= 4 is 44.1 Å². The quantitative estimate of drug-likeness (QED) is 0.149. The zero-order valence-electron chi connectivity index (χ0n) is 36.3. The number of hydrogen-bond donors (Lipinski definition) is 0. The molecule has 0 fully saturated rings. The Labute approximate surface area is 390 Å². The lowest BCUT2D eigenvalue weighted by molar-refractivity contribution is 0.669. The molecule has 0 bridgehead atoms. The Hall–Kier alpha value is -9.40. The minimum Gasteiger partial charge on any atom is -0.454 e. The number of rotatable bonds is 8. The van der Waals surface area contributed by atoms with Crippen molar-refractivity contribution in [2.45, 2.75) is 0 Å². The number of furan rings is 2. The highest BCUT2D eigenvalue weighted by atomic mass is 16.3. The smallest absolute Gasteiger partial charge is 0.161 e. The van der Waals surface area contributed by atoms with E-state index < -0.39 is 0 Å². The second-order valence-electron chi connectivity index (χ2n) is 16.7. The number of aromatic nitrogens is 6. The summed E-state index contributed by atoms with van der Waals surface area (Å²) in [7, 11) is 0. The third kappa shape index (κ3) is 6.96. The molecule has 5 aromatic carbocycles. The Balaban J connectivity index is 0.846. The van der Waals surface area contributed by atoms with E-state index in [9.17, 15) is 0 Å². The molecule has 0 aliphatic rings. The van der Waals surface area contributed by atoms with E-state index in [0.717, 1.165) is 134 Å². The lowest BCUT2D eigenvalue weighted by Crippen LogP contribution is -1.89. The third-order valence-electron chi connectivity index (χ3n) is 12.6. The Morgan fingerprint density at radius 3 is 0.926 bits per heavy atom. The van der Waals surface area contributed by atoms with Crippen molar-refractivity contribution in [2.75, 3.05) is 0 Å². The molecule has 13 rings (SSSR count). The molecule has 0 radical (unpaired) electrons. The molecule has 8 heterocycles. The summed E-state index contributed by atoms with van der Waals surface area (Å²) in [6.07, 6.45) is 11.0. The molecule has 68 heavy (non-hydrogen) atoms. The van der Waals surface area contributed by atoms with E-state index in [2.05, 4.69) is 105 Å². The Kier molecular flexibility index (Phi) is 9.31. The van der Waals surface area contributed by atoms with Gasteiger partial charge in [-0.05, 0) is 155 Å². The first-order valence-electron chi connectivity index (χ1n) is 22.4. The Morgan fingerprint density at radius 1 is 0.250 bits per heavy atom. The number of fused-ring (bicyclic) bond motifs is 6. The van der Waals surface area contributed by atoms with Crippen molar-refractivity contribution in [3.63, 3.8) is 0 Å². The van der Waals surface area contributed by atoms with Crippen LogP contribution in [0.2, 0.25) is 0 Å². The Bertz CT molecular complexity index is 3630. The minimum absolute atomic E-state index is 0.737. The molecule has 0 spiro atoms. The maximum Gasteiger partial charge on any atom is 0.161 e. The summed E-state index contributed by atoms with van der Waals surface area (Å²) < 4.78 is 13.2. The van der Waals surface area contributed by atoms with Crippen LogP contribution in [0.4, 0.5) is 0 Å². The first kappa shape index (κ1) is 39.0. The van der Waals surface area contributed by atoms with Gasteiger partial charge < -0.3 is 8.83 Å². The molecule has 0 amide bonds. The van der Waals surface area contributed by atoms with E-state index >= 15 is 0 Å². The van der Waals surface area contributed by atoms with E-state index in [1.165, 1.54) is 0 Å². The predicted molar refractivity (Wildman–Crippen MR) is 271 cm³/mol. The number of benzene rings is 5. The van der Waals surface area contributed by atoms with Crippen molar-refractivity contribution in [2.24, 2.45) is 0 Å². The van der Waals surface area contributed by atoms with Crippen LogP contribution in [0.5, 0.6) is 0 Å². The molecule has 0 aliphatic heterocycles. The van der Waals surface area contributed by atoms with Gasteiger partial charge in [0.25, 0.3) is 0 Å². The van der Waals surface area contributed by atoms with Gasteiger partial charge >= 0.3 is 0 Å². The molecule has 13 aromatic rings. The van der Waals surface area contributed by atoms with Crippen LogP contribution in [-0.4, -0.2) is 29.9 Å². The van der Waals surface area contributed by atoms with Gasteiger partial charge in [0, 0.05) is 81.3 Å². The topological polar surface area (TPSA) is 104 Å². The summed E-state index contributed by atoms with van der Waals surface area (Å²) in [6, 6.07) is 62.1. The van der Waals surface area contributed by atoms with Gasteiger partial charge in [-0.2, -0.15) is 0 Å². The second-order valence-corrected chi connectivity index (χ2v) is 16.7. The molecule has 8 nitrogen and oxygen atoms in total. The lowest BCUT2D eigenvalue weighted by Gasteiger charge is -2.10. The zero-order chi connectivity index (χ0) is 45.0. The lowest BCUT2D eigenvalue weighted by atomic mass is 9.95. The molecule has 0 saturated carbocycles. The van der Waals surface area contributed by atoms with E-state index in [0.29, 0.717) is 0 Å². The van der Waals surface area contributed by atoms with Crippen LogP contribution in [0.15, 0.2) is 228 Å². The van der Waals surface area contributed by atoms with Crippen molar-refractivity contribution in [1.82, 2.24) is 29.9 Å². The number of nitrogens with zero attached hydrogens (tertiary/aromatic N) is 6. The van der Waals surface area contributed by atoms with Crippen molar-refractivity contribution in [3.05, 3.63) is 219 Å². The summed E-state index contributed by atoms with van der Waals surface area (Å²) >= 11 is 0. The fourth-order valence-electron chi connectivity index (χ4n) is 9.27. The van der Waals surface area contributed by atoms with Crippen LogP contribution in [0.25, 0.3) is 134 Å². The molecule has 0 N–H and O–H groups in total. The van der Waals surface area contributed by atoms with Gasteiger partial charge in [0.2, 0.25) is 0 Å². The normalized spacial score (nSPS) is 11.5. The highest BCUT2D eigenvalue weighted by Gasteiger charge is 2.19. The average molecular weight is 873 g/mol. The van der Waals surface area contributed by atoms with Gasteiger partial charge in [0.15, 0.2) is 11.2 Å². The highest BCUT2D eigenvalue weighted by Crippen LogP contribution is 2.41. The van der Waals surface area contributed by atoms with Gasteiger partial charge in [0.05, 0.1) is 22.8 Å².